The van der Waals surface area contributed by atoms with E-state index in [4.69, 9.17) is 25.2 Å². The highest BCUT2D eigenvalue weighted by atomic mass is 16.5. The lowest BCUT2D eigenvalue weighted by atomic mass is 10.0. The van der Waals surface area contributed by atoms with E-state index in [2.05, 4.69) is 6.07 Å². The van der Waals surface area contributed by atoms with Gasteiger partial charge in [-0.1, -0.05) is 6.07 Å². The molecule has 0 unspecified atom stereocenters. The molecule has 0 spiro atoms. The minimum absolute atomic E-state index is 0.477. The summed E-state index contributed by atoms with van der Waals surface area (Å²) in [7, 11) is 4.73. The van der Waals surface area contributed by atoms with Gasteiger partial charge in [-0.05, 0) is 41.8 Å². The molecule has 0 aliphatic heterocycles. The number of rotatable bonds is 5. The molecule has 2 aromatic rings. The van der Waals surface area contributed by atoms with Crippen molar-refractivity contribution in [2.24, 2.45) is 0 Å². The Morgan fingerprint density at radius 1 is 0.955 bits per heavy atom. The Hall–Kier alpha value is -2.87. The van der Waals surface area contributed by atoms with E-state index in [1.54, 1.807) is 33.5 Å². The van der Waals surface area contributed by atoms with Crippen LogP contribution in [-0.4, -0.2) is 21.3 Å². The zero-order chi connectivity index (χ0) is 16.1. The number of benzene rings is 2. The van der Waals surface area contributed by atoms with Gasteiger partial charge in [-0.15, -0.1) is 0 Å². The number of hydrogen-bond acceptors (Lipinski definition) is 5. The second kappa shape index (κ2) is 6.72. The zero-order valence-corrected chi connectivity index (χ0v) is 12.8. The average Bonchev–Trinajstić information content (AvgIpc) is 2.55. The minimum Gasteiger partial charge on any atom is -0.493 e. The van der Waals surface area contributed by atoms with Gasteiger partial charge in [-0.25, -0.2) is 0 Å². The number of anilines is 1. The molecule has 5 heteroatoms. The number of nitriles is 1. The first-order valence-corrected chi connectivity index (χ1v) is 6.70. The lowest BCUT2D eigenvalue weighted by molar-refractivity contribution is 0.324. The summed E-state index contributed by atoms with van der Waals surface area (Å²) < 4.78 is 16.0. The fourth-order valence-electron chi connectivity index (χ4n) is 2.28. The van der Waals surface area contributed by atoms with E-state index < -0.39 is 0 Å². The molecule has 0 radical (unpaired) electrons. The fourth-order valence-corrected chi connectivity index (χ4v) is 2.28. The summed E-state index contributed by atoms with van der Waals surface area (Å²) in [5.74, 6) is 1.77. The lowest BCUT2D eigenvalue weighted by Gasteiger charge is -2.14. The summed E-state index contributed by atoms with van der Waals surface area (Å²) in [4.78, 5) is 0. The molecule has 0 atom stereocenters. The first-order chi connectivity index (χ1) is 10.6. The van der Waals surface area contributed by atoms with Crippen molar-refractivity contribution in [1.82, 2.24) is 0 Å². The third kappa shape index (κ3) is 3.07. The highest BCUT2D eigenvalue weighted by molar-refractivity contribution is 5.57. The molecule has 0 aliphatic rings. The molecule has 5 nitrogen and oxygen atoms in total. The third-order valence-electron chi connectivity index (χ3n) is 3.37. The molecule has 0 bridgehead atoms. The molecule has 0 saturated carbocycles. The van der Waals surface area contributed by atoms with Crippen molar-refractivity contribution in [3.05, 3.63) is 47.0 Å². The molecule has 2 N–H and O–H groups in total. The maximum atomic E-state index is 9.06. The highest BCUT2D eigenvalue weighted by Crippen LogP contribution is 2.38. The van der Waals surface area contributed by atoms with Crippen molar-refractivity contribution >= 4 is 5.69 Å². The number of ether oxygens (including phenoxy) is 3. The van der Waals surface area contributed by atoms with Crippen LogP contribution in [0.15, 0.2) is 30.3 Å². The molecule has 2 aromatic carbocycles. The maximum absolute atomic E-state index is 9.06. The van der Waals surface area contributed by atoms with Crippen LogP contribution in [0, 0.1) is 11.3 Å². The molecular formula is C17H18N2O3. The Balaban J connectivity index is 2.40. The van der Waals surface area contributed by atoms with Gasteiger partial charge in [-0.2, -0.15) is 5.26 Å². The smallest absolute Gasteiger partial charge is 0.203 e. The molecule has 0 amide bonds. The van der Waals surface area contributed by atoms with Crippen LogP contribution in [-0.2, 0) is 6.42 Å². The SMILES string of the molecule is COc1cc(Cc2ccc(N)c(C#N)c2)cc(OC)c1OC. The van der Waals surface area contributed by atoms with Crippen LogP contribution >= 0.6 is 0 Å². The van der Waals surface area contributed by atoms with Crippen molar-refractivity contribution in [3.8, 4) is 23.3 Å². The van der Waals surface area contributed by atoms with E-state index in [-0.39, 0.29) is 0 Å². The molecule has 0 fully saturated rings. The van der Waals surface area contributed by atoms with Crippen molar-refractivity contribution in [2.75, 3.05) is 27.1 Å². The van der Waals surface area contributed by atoms with Gasteiger partial charge in [0.2, 0.25) is 5.75 Å². The highest BCUT2D eigenvalue weighted by Gasteiger charge is 2.13. The molecule has 2 rings (SSSR count). The molecule has 114 valence electrons. The summed E-state index contributed by atoms with van der Waals surface area (Å²) in [6, 6.07) is 11.3. The van der Waals surface area contributed by atoms with Gasteiger partial charge in [0.05, 0.1) is 26.9 Å². The number of hydrogen-bond donors (Lipinski definition) is 1. The zero-order valence-electron chi connectivity index (χ0n) is 12.8. The number of nitrogen functional groups attached to an aromatic ring is 1. The largest absolute Gasteiger partial charge is 0.493 e. The first kappa shape index (κ1) is 15.5. The summed E-state index contributed by atoms with van der Waals surface area (Å²) in [5, 5.41) is 9.06. The molecule has 0 aromatic heterocycles. The van der Waals surface area contributed by atoms with Crippen LogP contribution in [0.1, 0.15) is 16.7 Å². The number of methoxy groups -OCH3 is 3. The Morgan fingerprint density at radius 2 is 1.59 bits per heavy atom. The van der Waals surface area contributed by atoms with Gasteiger partial charge >= 0.3 is 0 Å². The van der Waals surface area contributed by atoms with E-state index in [1.807, 2.05) is 18.2 Å². The summed E-state index contributed by atoms with van der Waals surface area (Å²) in [6.07, 6.45) is 0.631. The fraction of sp³-hybridized carbons (Fsp3) is 0.235. The van der Waals surface area contributed by atoms with Crippen LogP contribution in [0.2, 0.25) is 0 Å². The second-order valence-electron chi connectivity index (χ2n) is 4.74. The molecular weight excluding hydrogens is 280 g/mol. The molecule has 0 aliphatic carbocycles. The Bertz CT molecular complexity index is 695. The monoisotopic (exact) mass is 298 g/mol. The van der Waals surface area contributed by atoms with Crippen molar-refractivity contribution in [1.29, 1.82) is 5.26 Å². The normalized spacial score (nSPS) is 9.91. The van der Waals surface area contributed by atoms with Gasteiger partial charge in [-0.3, -0.25) is 0 Å². The topological polar surface area (TPSA) is 77.5 Å². The van der Waals surface area contributed by atoms with Gasteiger partial charge in [0.25, 0.3) is 0 Å². The summed E-state index contributed by atoms with van der Waals surface area (Å²) >= 11 is 0. The Morgan fingerprint density at radius 3 is 2.09 bits per heavy atom. The number of nitrogens with two attached hydrogens (primary N) is 1. The van der Waals surface area contributed by atoms with E-state index in [9.17, 15) is 0 Å². The van der Waals surface area contributed by atoms with E-state index >= 15 is 0 Å². The quantitative estimate of drug-likeness (QED) is 0.859. The van der Waals surface area contributed by atoms with Crippen LogP contribution in [0.25, 0.3) is 0 Å². The lowest BCUT2D eigenvalue weighted by Crippen LogP contribution is -1.98. The van der Waals surface area contributed by atoms with Crippen LogP contribution in [0.3, 0.4) is 0 Å². The van der Waals surface area contributed by atoms with Gasteiger partial charge < -0.3 is 19.9 Å². The first-order valence-electron chi connectivity index (χ1n) is 6.70. The number of nitrogens with zero attached hydrogens (tertiary/aromatic N) is 1. The van der Waals surface area contributed by atoms with Crippen LogP contribution < -0.4 is 19.9 Å². The predicted molar refractivity (Wildman–Crippen MR) is 84.5 cm³/mol. The summed E-state index contributed by atoms with van der Waals surface area (Å²) in [6.45, 7) is 0. The van der Waals surface area contributed by atoms with Crippen molar-refractivity contribution < 1.29 is 14.2 Å². The van der Waals surface area contributed by atoms with E-state index in [0.717, 1.165) is 11.1 Å². The van der Waals surface area contributed by atoms with Crippen LogP contribution in [0.5, 0.6) is 17.2 Å². The Labute approximate surface area is 129 Å². The summed E-state index contributed by atoms with van der Waals surface area (Å²) in [5.41, 5.74) is 8.68. The second-order valence-corrected chi connectivity index (χ2v) is 4.74. The predicted octanol–water partition coefficient (Wildman–Crippen LogP) is 2.76. The van der Waals surface area contributed by atoms with Gasteiger partial charge in [0, 0.05) is 5.69 Å². The molecule has 0 heterocycles. The average molecular weight is 298 g/mol. The van der Waals surface area contributed by atoms with Gasteiger partial charge in [0.15, 0.2) is 11.5 Å². The van der Waals surface area contributed by atoms with Gasteiger partial charge in [0.1, 0.15) is 6.07 Å². The minimum atomic E-state index is 0.477. The van der Waals surface area contributed by atoms with E-state index in [1.165, 1.54) is 0 Å². The Kier molecular flexibility index (Phi) is 4.74. The van der Waals surface area contributed by atoms with Crippen LogP contribution in [0.4, 0.5) is 5.69 Å². The van der Waals surface area contributed by atoms with Crippen molar-refractivity contribution in [3.63, 3.8) is 0 Å². The van der Waals surface area contributed by atoms with E-state index in [0.29, 0.717) is 34.9 Å². The molecule has 22 heavy (non-hydrogen) atoms. The van der Waals surface area contributed by atoms with Crippen molar-refractivity contribution in [2.45, 2.75) is 6.42 Å². The standard InChI is InChI=1S/C17H18N2O3/c1-20-15-8-12(9-16(21-2)17(15)22-3)6-11-4-5-14(19)13(7-11)10-18/h4-5,7-9H,6,19H2,1-3H3. The third-order valence-corrected chi connectivity index (χ3v) is 3.37. The maximum Gasteiger partial charge on any atom is 0.203 e. The molecule has 0 saturated heterocycles.